The van der Waals surface area contributed by atoms with Gasteiger partial charge < -0.3 is 5.73 Å². The van der Waals surface area contributed by atoms with Gasteiger partial charge in [0.15, 0.2) is 4.90 Å². The highest BCUT2D eigenvalue weighted by Crippen LogP contribution is 2.29. The Morgan fingerprint density at radius 1 is 1.12 bits per heavy atom. The number of sulfonamides is 1. The first kappa shape index (κ1) is 22.3. The molecule has 0 saturated carbocycles. The predicted molar refractivity (Wildman–Crippen MR) is 103 cm³/mol. The van der Waals surface area contributed by atoms with Crippen LogP contribution in [-0.4, -0.2) is 37.3 Å². The number of hydrogen-bond acceptors (Lipinski definition) is 5. The van der Waals surface area contributed by atoms with E-state index in [1.54, 1.807) is 0 Å². The van der Waals surface area contributed by atoms with E-state index < -0.39 is 20.6 Å². The van der Waals surface area contributed by atoms with Crippen molar-refractivity contribution in [2.45, 2.75) is 11.3 Å². The summed E-state index contributed by atoms with van der Waals surface area (Å²) in [6.45, 7) is 0.341. The molecule has 0 fully saturated rings. The Bertz CT molecular complexity index is 848. The van der Waals surface area contributed by atoms with Crippen LogP contribution in [-0.2, 0) is 16.4 Å². The second-order valence-corrected chi connectivity index (χ2v) is 7.64. The van der Waals surface area contributed by atoms with Gasteiger partial charge in [-0.05, 0) is 24.1 Å². The SMILES string of the molecule is Cl.NCCN(CCc1ccccc1)S(=O)(=O)c1ccc(Cl)cc1[N+](=O)[O-]. The van der Waals surface area contributed by atoms with Crippen LogP contribution in [0, 0.1) is 10.1 Å². The van der Waals surface area contributed by atoms with E-state index in [-0.39, 0.29) is 42.0 Å². The van der Waals surface area contributed by atoms with E-state index in [4.69, 9.17) is 17.3 Å². The second-order valence-electron chi connectivity index (χ2n) is 5.30. The van der Waals surface area contributed by atoms with Crippen LogP contribution in [0.4, 0.5) is 5.69 Å². The van der Waals surface area contributed by atoms with Crippen molar-refractivity contribution < 1.29 is 13.3 Å². The average molecular weight is 420 g/mol. The molecule has 2 rings (SSSR count). The van der Waals surface area contributed by atoms with Gasteiger partial charge in [0.05, 0.1) is 4.92 Å². The molecule has 26 heavy (non-hydrogen) atoms. The molecule has 0 spiro atoms. The van der Waals surface area contributed by atoms with Gasteiger partial charge in [-0.2, -0.15) is 4.31 Å². The van der Waals surface area contributed by atoms with E-state index in [0.29, 0.717) is 6.42 Å². The predicted octanol–water partition coefficient (Wildman–Crippen LogP) is 2.86. The lowest BCUT2D eigenvalue weighted by Gasteiger charge is -2.21. The highest BCUT2D eigenvalue weighted by atomic mass is 35.5. The van der Waals surface area contributed by atoms with E-state index >= 15 is 0 Å². The fourth-order valence-electron chi connectivity index (χ4n) is 2.39. The third kappa shape index (κ3) is 5.39. The van der Waals surface area contributed by atoms with Gasteiger partial charge in [0.1, 0.15) is 0 Å². The fraction of sp³-hybridized carbons (Fsp3) is 0.250. The zero-order valence-electron chi connectivity index (χ0n) is 13.7. The Morgan fingerprint density at radius 2 is 1.77 bits per heavy atom. The maximum Gasteiger partial charge on any atom is 0.290 e. The van der Waals surface area contributed by atoms with Crippen molar-refractivity contribution in [2.24, 2.45) is 5.73 Å². The van der Waals surface area contributed by atoms with Gasteiger partial charge >= 0.3 is 0 Å². The number of rotatable bonds is 8. The summed E-state index contributed by atoms with van der Waals surface area (Å²) in [5.41, 5.74) is 5.95. The first-order chi connectivity index (χ1) is 11.9. The quantitative estimate of drug-likeness (QED) is 0.522. The van der Waals surface area contributed by atoms with Gasteiger partial charge in [-0.3, -0.25) is 10.1 Å². The van der Waals surface area contributed by atoms with Crippen LogP contribution in [0.1, 0.15) is 5.56 Å². The van der Waals surface area contributed by atoms with Crippen LogP contribution in [0.2, 0.25) is 5.02 Å². The Balaban J connectivity index is 0.00000338. The van der Waals surface area contributed by atoms with Crippen LogP contribution in [0.3, 0.4) is 0 Å². The van der Waals surface area contributed by atoms with E-state index in [0.717, 1.165) is 22.0 Å². The van der Waals surface area contributed by atoms with E-state index in [9.17, 15) is 18.5 Å². The molecule has 7 nitrogen and oxygen atoms in total. The van der Waals surface area contributed by atoms with Gasteiger partial charge in [-0.15, -0.1) is 12.4 Å². The van der Waals surface area contributed by atoms with Crippen molar-refractivity contribution in [3.8, 4) is 0 Å². The number of nitro groups is 1. The first-order valence-electron chi connectivity index (χ1n) is 7.54. The van der Waals surface area contributed by atoms with Crippen LogP contribution in [0.15, 0.2) is 53.4 Å². The molecule has 142 valence electrons. The van der Waals surface area contributed by atoms with Crippen LogP contribution in [0.25, 0.3) is 0 Å². The number of nitrogens with zero attached hydrogens (tertiary/aromatic N) is 2. The van der Waals surface area contributed by atoms with Crippen molar-refractivity contribution in [1.29, 1.82) is 0 Å². The lowest BCUT2D eigenvalue weighted by atomic mass is 10.1. The number of halogens is 2. The monoisotopic (exact) mass is 419 g/mol. The number of nitrogens with two attached hydrogens (primary N) is 1. The van der Waals surface area contributed by atoms with E-state index in [1.165, 1.54) is 6.07 Å². The minimum absolute atomic E-state index is 0. The van der Waals surface area contributed by atoms with Gasteiger partial charge in [0.2, 0.25) is 10.0 Å². The summed E-state index contributed by atoms with van der Waals surface area (Å²) in [5, 5.41) is 11.3. The molecule has 2 aromatic carbocycles. The fourth-order valence-corrected chi connectivity index (χ4v) is 4.14. The lowest BCUT2D eigenvalue weighted by molar-refractivity contribution is -0.387. The molecule has 0 radical (unpaired) electrons. The molecule has 0 unspecified atom stereocenters. The molecule has 0 saturated heterocycles. The molecule has 0 aliphatic carbocycles. The summed E-state index contributed by atoms with van der Waals surface area (Å²) in [6, 6.07) is 12.9. The molecule has 2 aromatic rings. The van der Waals surface area contributed by atoms with Crippen molar-refractivity contribution in [3.05, 3.63) is 69.2 Å². The van der Waals surface area contributed by atoms with Crippen molar-refractivity contribution in [1.82, 2.24) is 4.31 Å². The Labute approximate surface area is 163 Å². The van der Waals surface area contributed by atoms with Gasteiger partial charge in [0.25, 0.3) is 5.69 Å². The molecular formula is C16H19Cl2N3O4S. The summed E-state index contributed by atoms with van der Waals surface area (Å²) in [4.78, 5) is 10.1. The third-order valence-electron chi connectivity index (χ3n) is 3.61. The van der Waals surface area contributed by atoms with Crippen molar-refractivity contribution in [2.75, 3.05) is 19.6 Å². The number of benzene rings is 2. The standard InChI is InChI=1S/C16H18ClN3O4S.ClH/c17-14-6-7-16(15(12-14)20(21)22)25(23,24)19(11-9-18)10-8-13-4-2-1-3-5-13;/h1-7,12H,8-11,18H2;1H. The largest absolute Gasteiger partial charge is 0.329 e. The minimum Gasteiger partial charge on any atom is -0.329 e. The maximum absolute atomic E-state index is 12.9. The lowest BCUT2D eigenvalue weighted by Crippen LogP contribution is -2.37. The van der Waals surface area contributed by atoms with E-state index in [2.05, 4.69) is 0 Å². The Hall–Kier alpha value is -1.71. The zero-order valence-corrected chi connectivity index (χ0v) is 16.1. The molecule has 0 aliphatic heterocycles. The normalized spacial score (nSPS) is 11.2. The van der Waals surface area contributed by atoms with Gasteiger partial charge in [-0.1, -0.05) is 41.9 Å². The summed E-state index contributed by atoms with van der Waals surface area (Å²) < 4.78 is 27.0. The van der Waals surface area contributed by atoms with E-state index in [1.807, 2.05) is 30.3 Å². The first-order valence-corrected chi connectivity index (χ1v) is 9.36. The smallest absolute Gasteiger partial charge is 0.290 e. The average Bonchev–Trinajstić information content (AvgIpc) is 2.59. The topological polar surface area (TPSA) is 107 Å². The summed E-state index contributed by atoms with van der Waals surface area (Å²) in [5.74, 6) is 0. The molecule has 0 atom stereocenters. The van der Waals surface area contributed by atoms with Crippen molar-refractivity contribution in [3.63, 3.8) is 0 Å². The molecular weight excluding hydrogens is 401 g/mol. The van der Waals surface area contributed by atoms with Crippen LogP contribution < -0.4 is 5.73 Å². The van der Waals surface area contributed by atoms with Crippen LogP contribution in [0.5, 0.6) is 0 Å². The number of hydrogen-bond donors (Lipinski definition) is 1. The molecule has 2 N–H and O–H groups in total. The molecule has 0 amide bonds. The summed E-state index contributed by atoms with van der Waals surface area (Å²) >= 11 is 5.76. The maximum atomic E-state index is 12.9. The van der Waals surface area contributed by atoms with Crippen LogP contribution >= 0.6 is 24.0 Å². The van der Waals surface area contributed by atoms with Crippen molar-refractivity contribution >= 4 is 39.7 Å². The molecule has 0 aromatic heterocycles. The minimum atomic E-state index is -4.07. The summed E-state index contributed by atoms with van der Waals surface area (Å²) in [7, 11) is -4.07. The molecule has 0 heterocycles. The van der Waals surface area contributed by atoms with Gasteiger partial charge in [-0.25, -0.2) is 8.42 Å². The van der Waals surface area contributed by atoms with Gasteiger partial charge in [0, 0.05) is 30.7 Å². The highest BCUT2D eigenvalue weighted by Gasteiger charge is 2.31. The third-order valence-corrected chi connectivity index (χ3v) is 5.79. The number of nitro benzene ring substituents is 1. The molecule has 0 bridgehead atoms. The molecule has 0 aliphatic rings. The highest BCUT2D eigenvalue weighted by molar-refractivity contribution is 7.89. The molecule has 10 heteroatoms. The zero-order chi connectivity index (χ0) is 18.4. The Kier molecular flexibility index (Phi) is 8.45. The second kappa shape index (κ2) is 9.84. The summed E-state index contributed by atoms with van der Waals surface area (Å²) in [6.07, 6.45) is 0.474. The Morgan fingerprint density at radius 3 is 2.35 bits per heavy atom.